The Morgan fingerprint density at radius 2 is 2.04 bits per heavy atom. The second-order valence-corrected chi connectivity index (χ2v) is 9.26. The number of carbonyl (C=O) groups excluding carboxylic acids is 1. The average Bonchev–Trinajstić information content (AvgIpc) is 2.93. The van der Waals surface area contributed by atoms with Crippen LogP contribution in [-0.4, -0.2) is 35.8 Å². The first-order chi connectivity index (χ1) is 12.9. The molecule has 0 aromatic carbocycles. The Morgan fingerprint density at radius 3 is 2.57 bits per heavy atom. The van der Waals surface area contributed by atoms with Crippen LogP contribution in [0.3, 0.4) is 0 Å². The fraction of sp³-hybridized carbons (Fsp3) is 0.412. The number of pyridine rings is 1. The summed E-state index contributed by atoms with van der Waals surface area (Å²) in [7, 11) is -2.79. The van der Waals surface area contributed by atoms with Crippen molar-refractivity contribution in [2.24, 2.45) is 12.5 Å². The second kappa shape index (κ2) is 7.07. The van der Waals surface area contributed by atoms with Crippen molar-refractivity contribution in [2.75, 3.05) is 11.1 Å². The molecule has 2 aromatic heterocycles. The molecule has 0 aliphatic heterocycles. The molecule has 1 N–H and O–H groups in total. The summed E-state index contributed by atoms with van der Waals surface area (Å²) >= 11 is 5.75. The van der Waals surface area contributed by atoms with Crippen molar-refractivity contribution >= 4 is 33.0 Å². The van der Waals surface area contributed by atoms with Crippen molar-refractivity contribution in [3.05, 3.63) is 41.4 Å². The molecule has 1 aliphatic rings. The van der Waals surface area contributed by atoms with Crippen LogP contribution in [-0.2, 0) is 16.9 Å². The first-order valence-corrected chi connectivity index (χ1v) is 10.4. The standard InChI is InChI=1S/C17H17ClF3N3O3S/c1-24-9-12(28(26,27)10-16(4-2-5-16)17(19,20)21)8-13(24)15(25)23-11-3-6-22-14(18)7-11/h3,6-9H,2,4-5,10H2,1H3,(H,22,23,25). The summed E-state index contributed by atoms with van der Waals surface area (Å²) in [5, 5.41) is 2.70. The summed E-state index contributed by atoms with van der Waals surface area (Å²) in [5.74, 6) is -1.64. The summed E-state index contributed by atoms with van der Waals surface area (Å²) < 4.78 is 66.5. The Hall–Kier alpha value is -2.07. The van der Waals surface area contributed by atoms with Crippen molar-refractivity contribution in [1.29, 1.82) is 0 Å². The number of alkyl halides is 3. The monoisotopic (exact) mass is 435 g/mol. The molecule has 3 rings (SSSR count). The van der Waals surface area contributed by atoms with Gasteiger partial charge in [0.1, 0.15) is 10.8 Å². The molecule has 152 valence electrons. The van der Waals surface area contributed by atoms with E-state index in [1.165, 1.54) is 29.9 Å². The minimum absolute atomic E-state index is 0.0128. The summed E-state index contributed by atoms with van der Waals surface area (Å²) in [6, 6.07) is 3.98. The third-order valence-electron chi connectivity index (χ3n) is 4.93. The van der Waals surface area contributed by atoms with Gasteiger partial charge >= 0.3 is 6.18 Å². The van der Waals surface area contributed by atoms with Gasteiger partial charge in [0.25, 0.3) is 5.91 Å². The highest BCUT2D eigenvalue weighted by Crippen LogP contribution is 2.54. The molecule has 0 atom stereocenters. The summed E-state index contributed by atoms with van der Waals surface area (Å²) in [6.45, 7) is 0. The maximum Gasteiger partial charge on any atom is 0.395 e. The average molecular weight is 436 g/mol. The fourth-order valence-corrected chi connectivity index (χ4v) is 5.30. The van der Waals surface area contributed by atoms with Gasteiger partial charge in [-0.15, -0.1) is 0 Å². The molecular weight excluding hydrogens is 419 g/mol. The van der Waals surface area contributed by atoms with Crippen molar-refractivity contribution in [1.82, 2.24) is 9.55 Å². The second-order valence-electron chi connectivity index (χ2n) is 6.88. The zero-order valence-electron chi connectivity index (χ0n) is 14.8. The minimum atomic E-state index is -4.59. The zero-order valence-corrected chi connectivity index (χ0v) is 16.3. The Bertz CT molecular complexity index is 1010. The van der Waals surface area contributed by atoms with E-state index >= 15 is 0 Å². The number of aromatic nitrogens is 2. The van der Waals surface area contributed by atoms with E-state index in [-0.39, 0.29) is 28.6 Å². The van der Waals surface area contributed by atoms with Gasteiger partial charge in [0.05, 0.1) is 16.1 Å². The lowest BCUT2D eigenvalue weighted by molar-refractivity contribution is -0.241. The first-order valence-electron chi connectivity index (χ1n) is 8.32. The van der Waals surface area contributed by atoms with Gasteiger partial charge in [-0.1, -0.05) is 18.0 Å². The number of anilines is 1. The van der Waals surface area contributed by atoms with Crippen molar-refractivity contribution < 1.29 is 26.4 Å². The third-order valence-corrected chi connectivity index (χ3v) is 7.02. The maximum atomic E-state index is 13.3. The van der Waals surface area contributed by atoms with Crippen LogP contribution < -0.4 is 5.32 Å². The van der Waals surface area contributed by atoms with Gasteiger partial charge in [0, 0.05) is 25.1 Å². The van der Waals surface area contributed by atoms with Crippen LogP contribution >= 0.6 is 11.6 Å². The Morgan fingerprint density at radius 1 is 1.36 bits per heavy atom. The van der Waals surface area contributed by atoms with Crippen LogP contribution in [0.25, 0.3) is 0 Å². The van der Waals surface area contributed by atoms with Crippen LogP contribution in [0.1, 0.15) is 29.8 Å². The predicted molar refractivity (Wildman–Crippen MR) is 97.0 cm³/mol. The number of hydrogen-bond acceptors (Lipinski definition) is 4. The van der Waals surface area contributed by atoms with Gasteiger partial charge in [-0.25, -0.2) is 13.4 Å². The van der Waals surface area contributed by atoms with E-state index in [1.807, 2.05) is 0 Å². The first kappa shape index (κ1) is 20.7. The number of halogens is 4. The lowest BCUT2D eigenvalue weighted by Gasteiger charge is -2.42. The summed E-state index contributed by atoms with van der Waals surface area (Å²) in [6.07, 6.45) is -2.14. The number of nitrogens with one attached hydrogen (secondary N) is 1. The molecule has 0 bridgehead atoms. The van der Waals surface area contributed by atoms with E-state index in [0.29, 0.717) is 12.1 Å². The number of hydrogen-bond donors (Lipinski definition) is 1. The van der Waals surface area contributed by atoms with Crippen LogP contribution in [0.4, 0.5) is 18.9 Å². The zero-order chi connectivity index (χ0) is 20.7. The molecule has 0 radical (unpaired) electrons. The Labute approximate surface area is 164 Å². The molecule has 2 heterocycles. The Balaban J connectivity index is 1.84. The molecule has 28 heavy (non-hydrogen) atoms. The lowest BCUT2D eigenvalue weighted by Crippen LogP contribution is -2.48. The Kier molecular flexibility index (Phi) is 5.22. The lowest BCUT2D eigenvalue weighted by atomic mass is 9.70. The van der Waals surface area contributed by atoms with E-state index in [2.05, 4.69) is 10.3 Å². The molecule has 0 spiro atoms. The molecule has 1 saturated carbocycles. The normalized spacial score (nSPS) is 16.5. The van der Waals surface area contributed by atoms with Crippen molar-refractivity contribution in [3.63, 3.8) is 0 Å². The molecule has 6 nitrogen and oxygen atoms in total. The number of nitrogens with zero attached hydrogens (tertiary/aromatic N) is 2. The summed E-state index contributed by atoms with van der Waals surface area (Å²) in [5.41, 5.74) is -1.87. The highest BCUT2D eigenvalue weighted by atomic mass is 35.5. The summed E-state index contributed by atoms with van der Waals surface area (Å²) in [4.78, 5) is 15.9. The fourth-order valence-electron chi connectivity index (χ4n) is 3.17. The quantitative estimate of drug-likeness (QED) is 0.724. The molecular formula is C17H17ClF3N3O3S. The number of sulfone groups is 1. The molecule has 1 aliphatic carbocycles. The van der Waals surface area contributed by atoms with E-state index < -0.39 is 33.1 Å². The van der Waals surface area contributed by atoms with E-state index in [1.54, 1.807) is 0 Å². The highest BCUT2D eigenvalue weighted by molar-refractivity contribution is 7.91. The van der Waals surface area contributed by atoms with Crippen molar-refractivity contribution in [3.8, 4) is 0 Å². The number of rotatable bonds is 5. The van der Waals surface area contributed by atoms with Gasteiger partial charge in [0.2, 0.25) is 0 Å². The van der Waals surface area contributed by atoms with Gasteiger partial charge in [0.15, 0.2) is 9.84 Å². The number of aryl methyl sites for hydroxylation is 1. The molecule has 11 heteroatoms. The van der Waals surface area contributed by atoms with Crippen LogP contribution in [0.2, 0.25) is 5.15 Å². The minimum Gasteiger partial charge on any atom is -0.345 e. The van der Waals surface area contributed by atoms with E-state index in [0.717, 1.165) is 12.3 Å². The number of carbonyl (C=O) groups is 1. The molecule has 2 aromatic rings. The molecule has 1 fully saturated rings. The van der Waals surface area contributed by atoms with E-state index in [4.69, 9.17) is 11.6 Å². The molecule has 1 amide bonds. The SMILES string of the molecule is Cn1cc(S(=O)(=O)CC2(C(F)(F)F)CCC2)cc1C(=O)Nc1ccnc(Cl)c1. The van der Waals surface area contributed by atoms with Gasteiger partial charge in [-0.2, -0.15) is 13.2 Å². The van der Waals surface area contributed by atoms with Crippen LogP contribution in [0.15, 0.2) is 35.5 Å². The molecule has 0 saturated heterocycles. The number of amides is 1. The van der Waals surface area contributed by atoms with Crippen LogP contribution in [0, 0.1) is 5.41 Å². The topological polar surface area (TPSA) is 81.1 Å². The maximum absolute atomic E-state index is 13.3. The van der Waals surface area contributed by atoms with Gasteiger partial charge in [-0.05, 0) is 31.0 Å². The smallest absolute Gasteiger partial charge is 0.345 e. The van der Waals surface area contributed by atoms with Crippen molar-refractivity contribution in [2.45, 2.75) is 30.3 Å². The largest absolute Gasteiger partial charge is 0.395 e. The molecule has 0 unspecified atom stereocenters. The van der Waals surface area contributed by atoms with E-state index in [9.17, 15) is 26.4 Å². The predicted octanol–water partition coefficient (Wildman–Crippen LogP) is 3.83. The third kappa shape index (κ3) is 3.88. The van der Waals surface area contributed by atoms with Crippen LogP contribution in [0.5, 0.6) is 0 Å². The van der Waals surface area contributed by atoms with Gasteiger partial charge < -0.3 is 9.88 Å². The van der Waals surface area contributed by atoms with Gasteiger partial charge in [-0.3, -0.25) is 4.79 Å². The highest BCUT2D eigenvalue weighted by Gasteiger charge is 2.60.